The van der Waals surface area contributed by atoms with Crippen molar-refractivity contribution in [3.05, 3.63) is 16.3 Å². The fraction of sp³-hybridized carbons (Fsp3) is 0.545. The Kier molecular flexibility index (Phi) is 4.80. The molecule has 0 aliphatic carbocycles. The summed E-state index contributed by atoms with van der Waals surface area (Å²) in [5.74, 6) is 0.561. The lowest BCUT2D eigenvalue weighted by atomic mass is 10.0. The molecule has 5 heteroatoms. The molecule has 3 nitrogen and oxygen atoms in total. The van der Waals surface area contributed by atoms with E-state index >= 15 is 0 Å². The van der Waals surface area contributed by atoms with E-state index < -0.39 is 0 Å². The summed E-state index contributed by atoms with van der Waals surface area (Å²) in [4.78, 5) is 12.6. The number of carbonyl (C=O) groups excluding carboxylic acids is 1. The minimum Gasteiger partial charge on any atom is -0.495 e. The van der Waals surface area contributed by atoms with Crippen LogP contribution in [0.1, 0.15) is 29.9 Å². The molecule has 0 saturated carbocycles. The van der Waals surface area contributed by atoms with Crippen molar-refractivity contribution in [3.8, 4) is 5.75 Å². The largest absolute Gasteiger partial charge is 0.495 e. The monoisotopic (exact) mass is 305 g/mol. The lowest BCUT2D eigenvalue weighted by molar-refractivity contribution is 0.0915. The Hall–Kier alpha value is -0.550. The van der Waals surface area contributed by atoms with Crippen LogP contribution in [-0.4, -0.2) is 23.9 Å². The predicted octanol–water partition coefficient (Wildman–Crippen LogP) is 3.05. The van der Waals surface area contributed by atoms with E-state index in [0.29, 0.717) is 10.6 Å². The first-order chi connectivity index (χ1) is 7.56. The van der Waals surface area contributed by atoms with Crippen LogP contribution in [0.5, 0.6) is 5.75 Å². The molecule has 1 unspecified atom stereocenters. The van der Waals surface area contributed by atoms with Crippen LogP contribution in [-0.2, 0) is 0 Å². The highest BCUT2D eigenvalue weighted by molar-refractivity contribution is 9.09. The summed E-state index contributed by atoms with van der Waals surface area (Å²) in [6.45, 7) is 4.06. The van der Waals surface area contributed by atoms with Gasteiger partial charge in [-0.3, -0.25) is 4.79 Å². The molecular formula is C11H16BrNO2S. The minimum atomic E-state index is -0.216. The Labute approximate surface area is 108 Å². The molecular weight excluding hydrogens is 290 g/mol. The topological polar surface area (TPSA) is 38.3 Å². The molecule has 1 atom stereocenters. The smallest absolute Gasteiger partial charge is 0.265 e. The molecule has 1 N–H and O–H groups in total. The second-order valence-electron chi connectivity index (χ2n) is 3.82. The van der Waals surface area contributed by atoms with Crippen molar-refractivity contribution in [2.24, 2.45) is 0 Å². The molecule has 1 amide bonds. The van der Waals surface area contributed by atoms with Crippen molar-refractivity contribution in [1.29, 1.82) is 0 Å². The first kappa shape index (κ1) is 13.5. The number of halogens is 1. The number of hydrogen-bond acceptors (Lipinski definition) is 3. The standard InChI is InChI=1S/C11H16BrNO2S/c1-4-11(2,7-12)13-10(14)9-8(15-3)5-6-16-9/h5-6H,4,7H2,1-3H3,(H,13,14). The molecule has 0 aromatic carbocycles. The number of amides is 1. The highest BCUT2D eigenvalue weighted by Crippen LogP contribution is 2.25. The van der Waals surface area contributed by atoms with Gasteiger partial charge in [0.05, 0.1) is 7.11 Å². The highest BCUT2D eigenvalue weighted by Gasteiger charge is 2.25. The third-order valence-electron chi connectivity index (χ3n) is 2.55. The molecule has 1 rings (SSSR count). The van der Waals surface area contributed by atoms with Gasteiger partial charge in [0.1, 0.15) is 10.6 Å². The van der Waals surface area contributed by atoms with Crippen molar-refractivity contribution < 1.29 is 9.53 Å². The Bertz CT molecular complexity index is 361. The summed E-state index contributed by atoms with van der Waals surface area (Å²) in [6.07, 6.45) is 0.873. The number of alkyl halides is 1. The van der Waals surface area contributed by atoms with Gasteiger partial charge in [-0.05, 0) is 24.8 Å². The first-order valence-corrected chi connectivity index (χ1v) is 7.06. The lowest BCUT2D eigenvalue weighted by Crippen LogP contribution is -2.46. The van der Waals surface area contributed by atoms with Gasteiger partial charge >= 0.3 is 0 Å². The normalized spacial score (nSPS) is 14.2. The molecule has 0 spiro atoms. The van der Waals surface area contributed by atoms with Gasteiger partial charge in [0.25, 0.3) is 5.91 Å². The molecule has 1 aromatic rings. The van der Waals surface area contributed by atoms with Crippen LogP contribution in [0.25, 0.3) is 0 Å². The molecule has 90 valence electrons. The van der Waals surface area contributed by atoms with E-state index in [4.69, 9.17) is 4.74 Å². The summed E-state index contributed by atoms with van der Waals surface area (Å²) in [5, 5.41) is 5.60. The van der Waals surface area contributed by atoms with Crippen molar-refractivity contribution in [3.63, 3.8) is 0 Å². The van der Waals surface area contributed by atoms with Crippen LogP contribution in [0, 0.1) is 0 Å². The maximum absolute atomic E-state index is 12.0. The van der Waals surface area contributed by atoms with E-state index in [1.807, 2.05) is 19.2 Å². The van der Waals surface area contributed by atoms with Crippen LogP contribution in [0.3, 0.4) is 0 Å². The Morgan fingerprint density at radius 1 is 1.69 bits per heavy atom. The maximum Gasteiger partial charge on any atom is 0.265 e. The Morgan fingerprint density at radius 3 is 2.88 bits per heavy atom. The predicted molar refractivity (Wildman–Crippen MR) is 70.8 cm³/mol. The second kappa shape index (κ2) is 5.68. The number of thiophene rings is 1. The lowest BCUT2D eigenvalue weighted by Gasteiger charge is -2.27. The van der Waals surface area contributed by atoms with Crippen LogP contribution >= 0.6 is 27.3 Å². The Morgan fingerprint density at radius 2 is 2.38 bits per heavy atom. The van der Waals surface area contributed by atoms with Crippen LogP contribution < -0.4 is 10.1 Å². The molecule has 16 heavy (non-hydrogen) atoms. The fourth-order valence-corrected chi connectivity index (χ4v) is 2.46. The second-order valence-corrected chi connectivity index (χ2v) is 5.30. The van der Waals surface area contributed by atoms with E-state index in [0.717, 1.165) is 11.8 Å². The van der Waals surface area contributed by atoms with Gasteiger partial charge in [-0.2, -0.15) is 0 Å². The van der Waals surface area contributed by atoms with Crippen molar-refractivity contribution >= 4 is 33.2 Å². The summed E-state index contributed by atoms with van der Waals surface area (Å²) in [7, 11) is 1.57. The zero-order valence-electron chi connectivity index (χ0n) is 9.67. The molecule has 0 aliphatic heterocycles. The molecule has 0 radical (unpaired) electrons. The quantitative estimate of drug-likeness (QED) is 0.849. The summed E-state index contributed by atoms with van der Waals surface area (Å²) < 4.78 is 5.13. The SMILES string of the molecule is CCC(C)(CBr)NC(=O)c1sccc1OC. The van der Waals surface area contributed by atoms with Crippen molar-refractivity contribution in [2.45, 2.75) is 25.8 Å². The fourth-order valence-electron chi connectivity index (χ4n) is 1.17. The third-order valence-corrected chi connectivity index (χ3v) is 4.68. The number of ether oxygens (including phenoxy) is 1. The number of carbonyl (C=O) groups is 1. The van der Waals surface area contributed by atoms with E-state index in [-0.39, 0.29) is 11.4 Å². The van der Waals surface area contributed by atoms with E-state index in [1.165, 1.54) is 11.3 Å². The number of rotatable bonds is 5. The molecule has 1 aromatic heterocycles. The number of nitrogens with one attached hydrogen (secondary N) is 1. The molecule has 0 aliphatic rings. The summed E-state index contributed by atoms with van der Waals surface area (Å²) in [6, 6.07) is 1.80. The molecule has 0 fully saturated rings. The van der Waals surface area contributed by atoms with Gasteiger partial charge in [-0.25, -0.2) is 0 Å². The van der Waals surface area contributed by atoms with E-state index in [1.54, 1.807) is 13.2 Å². The zero-order valence-corrected chi connectivity index (χ0v) is 12.1. The minimum absolute atomic E-state index is 0.0735. The summed E-state index contributed by atoms with van der Waals surface area (Å²) >= 11 is 4.81. The van der Waals surface area contributed by atoms with Gasteiger partial charge in [0.2, 0.25) is 0 Å². The molecule has 0 bridgehead atoms. The average Bonchev–Trinajstić information content (AvgIpc) is 2.76. The van der Waals surface area contributed by atoms with Gasteiger partial charge in [0, 0.05) is 10.9 Å². The number of methoxy groups -OCH3 is 1. The van der Waals surface area contributed by atoms with E-state index in [9.17, 15) is 4.79 Å². The number of hydrogen-bond donors (Lipinski definition) is 1. The highest BCUT2D eigenvalue weighted by atomic mass is 79.9. The first-order valence-electron chi connectivity index (χ1n) is 5.06. The van der Waals surface area contributed by atoms with Crippen LogP contribution in [0.2, 0.25) is 0 Å². The van der Waals surface area contributed by atoms with Gasteiger partial charge in [-0.15, -0.1) is 11.3 Å². The van der Waals surface area contributed by atoms with Gasteiger partial charge in [0.15, 0.2) is 0 Å². The maximum atomic E-state index is 12.0. The van der Waals surface area contributed by atoms with Crippen molar-refractivity contribution in [1.82, 2.24) is 5.32 Å². The summed E-state index contributed by atoms with van der Waals surface area (Å²) in [5.41, 5.74) is -0.216. The Balaban J connectivity index is 2.80. The molecule has 1 heterocycles. The third kappa shape index (κ3) is 2.98. The van der Waals surface area contributed by atoms with Crippen molar-refractivity contribution in [2.75, 3.05) is 12.4 Å². The van der Waals surface area contributed by atoms with Gasteiger partial charge in [-0.1, -0.05) is 22.9 Å². The van der Waals surface area contributed by atoms with Crippen LogP contribution in [0.15, 0.2) is 11.4 Å². The van der Waals surface area contributed by atoms with Crippen LogP contribution in [0.4, 0.5) is 0 Å². The van der Waals surface area contributed by atoms with E-state index in [2.05, 4.69) is 21.2 Å². The average molecular weight is 306 g/mol. The van der Waals surface area contributed by atoms with Gasteiger partial charge < -0.3 is 10.1 Å². The molecule has 0 saturated heterocycles. The zero-order chi connectivity index (χ0) is 12.2.